The fourth-order valence-corrected chi connectivity index (χ4v) is 2.61. The van der Waals surface area contributed by atoms with Crippen molar-refractivity contribution in [1.82, 2.24) is 14.3 Å². The van der Waals surface area contributed by atoms with E-state index >= 15 is 0 Å². The van der Waals surface area contributed by atoms with Gasteiger partial charge in [-0.2, -0.15) is 0 Å². The molecule has 100 valence electrons. The second-order valence-corrected chi connectivity index (χ2v) is 5.02. The van der Waals surface area contributed by atoms with Gasteiger partial charge in [0, 0.05) is 56.5 Å². The molecule has 1 aliphatic rings. The third-order valence-electron chi connectivity index (χ3n) is 3.68. The average molecular weight is 259 g/mol. The quantitative estimate of drug-likeness (QED) is 0.880. The summed E-state index contributed by atoms with van der Waals surface area (Å²) in [6.45, 7) is 1.46. The highest BCUT2D eigenvalue weighted by molar-refractivity contribution is 5.78. The summed E-state index contributed by atoms with van der Waals surface area (Å²) in [5.74, 6) is 0.252. The van der Waals surface area contributed by atoms with Gasteiger partial charge in [0.05, 0.1) is 0 Å². The van der Waals surface area contributed by atoms with E-state index in [1.54, 1.807) is 0 Å². The number of likely N-dealkylation sites (tertiary alicyclic amines) is 1. The molecular formula is C14H17N3O2. The van der Waals surface area contributed by atoms with Gasteiger partial charge in [-0.25, -0.2) is 4.98 Å². The molecule has 0 radical (unpaired) electrons. The summed E-state index contributed by atoms with van der Waals surface area (Å²) in [5.41, 5.74) is 2.04. The van der Waals surface area contributed by atoms with Crippen LogP contribution in [0.3, 0.4) is 0 Å². The maximum atomic E-state index is 11.8. The van der Waals surface area contributed by atoms with Gasteiger partial charge < -0.3 is 14.4 Å². The van der Waals surface area contributed by atoms with Gasteiger partial charge in [0.2, 0.25) is 5.91 Å². The first-order valence-electron chi connectivity index (χ1n) is 6.57. The standard InChI is InChI=1S/C14H17N3O2/c18-10-11-7-14(19)16(9-11)6-4-12-8-15-13-3-1-2-5-17(12)13/h1-3,5,8,11,18H,4,6-7,9-10H2. The topological polar surface area (TPSA) is 57.8 Å². The predicted molar refractivity (Wildman–Crippen MR) is 70.7 cm³/mol. The van der Waals surface area contributed by atoms with Crippen molar-refractivity contribution in [2.75, 3.05) is 19.7 Å². The van der Waals surface area contributed by atoms with Crippen molar-refractivity contribution >= 4 is 11.6 Å². The van der Waals surface area contributed by atoms with Crippen LogP contribution in [0.1, 0.15) is 12.1 Å². The van der Waals surface area contributed by atoms with Crippen molar-refractivity contribution in [3.05, 3.63) is 36.3 Å². The fourth-order valence-electron chi connectivity index (χ4n) is 2.61. The number of rotatable bonds is 4. The van der Waals surface area contributed by atoms with Crippen LogP contribution in [0.4, 0.5) is 0 Å². The first kappa shape index (κ1) is 12.2. The molecule has 3 heterocycles. The minimum atomic E-state index is 0.0951. The molecule has 0 aliphatic carbocycles. The number of fused-ring (bicyclic) bond motifs is 1. The lowest BCUT2D eigenvalue weighted by Crippen LogP contribution is -2.28. The lowest BCUT2D eigenvalue weighted by Gasteiger charge is -2.15. The van der Waals surface area contributed by atoms with E-state index in [0.717, 1.165) is 17.8 Å². The minimum absolute atomic E-state index is 0.0951. The van der Waals surface area contributed by atoms with Crippen molar-refractivity contribution in [3.63, 3.8) is 0 Å². The Morgan fingerprint density at radius 3 is 3.11 bits per heavy atom. The number of hydrogen-bond acceptors (Lipinski definition) is 3. The molecule has 5 heteroatoms. The van der Waals surface area contributed by atoms with Gasteiger partial charge in [-0.05, 0) is 12.1 Å². The van der Waals surface area contributed by atoms with E-state index in [9.17, 15) is 4.79 Å². The predicted octanol–water partition coefficient (Wildman–Crippen LogP) is 0.718. The Morgan fingerprint density at radius 2 is 2.32 bits per heavy atom. The summed E-state index contributed by atoms with van der Waals surface area (Å²) in [4.78, 5) is 17.9. The van der Waals surface area contributed by atoms with Crippen LogP contribution in [0.15, 0.2) is 30.6 Å². The number of pyridine rings is 1. The summed E-state index contributed by atoms with van der Waals surface area (Å²) in [5, 5.41) is 9.10. The van der Waals surface area contributed by atoms with E-state index in [1.165, 1.54) is 0 Å². The number of aliphatic hydroxyl groups is 1. The summed E-state index contributed by atoms with van der Waals surface area (Å²) >= 11 is 0. The smallest absolute Gasteiger partial charge is 0.223 e. The second kappa shape index (κ2) is 5.01. The highest BCUT2D eigenvalue weighted by atomic mass is 16.3. The van der Waals surface area contributed by atoms with Crippen molar-refractivity contribution in [1.29, 1.82) is 0 Å². The number of carbonyl (C=O) groups excluding carboxylic acids is 1. The summed E-state index contributed by atoms with van der Waals surface area (Å²) in [7, 11) is 0. The van der Waals surface area contributed by atoms with Crippen LogP contribution in [-0.2, 0) is 11.2 Å². The van der Waals surface area contributed by atoms with Crippen LogP contribution in [0.2, 0.25) is 0 Å². The number of amides is 1. The van der Waals surface area contributed by atoms with Gasteiger partial charge in [0.1, 0.15) is 5.65 Å². The van der Waals surface area contributed by atoms with Crippen LogP contribution >= 0.6 is 0 Å². The lowest BCUT2D eigenvalue weighted by atomic mass is 10.1. The van der Waals surface area contributed by atoms with E-state index < -0.39 is 0 Å². The molecule has 0 spiro atoms. The van der Waals surface area contributed by atoms with Crippen molar-refractivity contribution in [3.8, 4) is 0 Å². The summed E-state index contributed by atoms with van der Waals surface area (Å²) in [6, 6.07) is 5.90. The zero-order valence-corrected chi connectivity index (χ0v) is 10.7. The molecule has 3 rings (SSSR count). The lowest BCUT2D eigenvalue weighted by molar-refractivity contribution is -0.127. The van der Waals surface area contributed by atoms with Gasteiger partial charge in [0.25, 0.3) is 0 Å². The Kier molecular flexibility index (Phi) is 3.21. The first-order chi connectivity index (χ1) is 9.28. The molecular weight excluding hydrogens is 242 g/mol. The zero-order valence-electron chi connectivity index (χ0n) is 10.7. The van der Waals surface area contributed by atoms with Crippen LogP contribution in [0, 0.1) is 5.92 Å². The summed E-state index contributed by atoms with van der Waals surface area (Å²) in [6.07, 6.45) is 5.11. The molecule has 0 saturated carbocycles. The second-order valence-electron chi connectivity index (χ2n) is 5.02. The number of carbonyl (C=O) groups is 1. The largest absolute Gasteiger partial charge is 0.396 e. The molecule has 2 aromatic heterocycles. The van der Waals surface area contributed by atoms with Crippen LogP contribution < -0.4 is 0 Å². The summed E-state index contributed by atoms with van der Waals surface area (Å²) < 4.78 is 2.05. The molecule has 1 atom stereocenters. The average Bonchev–Trinajstić information content (AvgIpc) is 3.00. The molecule has 1 N–H and O–H groups in total. The van der Waals surface area contributed by atoms with E-state index in [1.807, 2.05) is 39.9 Å². The Morgan fingerprint density at radius 1 is 1.42 bits per heavy atom. The number of aliphatic hydroxyl groups excluding tert-OH is 1. The van der Waals surface area contributed by atoms with Gasteiger partial charge >= 0.3 is 0 Å². The van der Waals surface area contributed by atoms with Gasteiger partial charge in [0.15, 0.2) is 0 Å². The molecule has 0 aromatic carbocycles. The van der Waals surface area contributed by atoms with Crippen molar-refractivity contribution in [2.45, 2.75) is 12.8 Å². The SMILES string of the molecule is O=C1CC(CO)CN1CCc1cnc2ccccn12. The monoisotopic (exact) mass is 259 g/mol. The fraction of sp³-hybridized carbons (Fsp3) is 0.429. The Hall–Kier alpha value is -1.88. The zero-order chi connectivity index (χ0) is 13.2. The van der Waals surface area contributed by atoms with Crippen LogP contribution in [0.5, 0.6) is 0 Å². The molecule has 1 saturated heterocycles. The van der Waals surface area contributed by atoms with E-state index in [-0.39, 0.29) is 18.4 Å². The van der Waals surface area contributed by atoms with E-state index in [0.29, 0.717) is 19.5 Å². The third kappa shape index (κ3) is 2.33. The number of aromatic nitrogens is 2. The normalized spacial score (nSPS) is 19.5. The molecule has 1 amide bonds. The van der Waals surface area contributed by atoms with Crippen LogP contribution in [0.25, 0.3) is 5.65 Å². The van der Waals surface area contributed by atoms with E-state index in [2.05, 4.69) is 4.98 Å². The van der Waals surface area contributed by atoms with E-state index in [4.69, 9.17) is 5.11 Å². The molecule has 1 unspecified atom stereocenters. The third-order valence-corrected chi connectivity index (χ3v) is 3.68. The molecule has 2 aromatic rings. The Balaban J connectivity index is 1.68. The highest BCUT2D eigenvalue weighted by Crippen LogP contribution is 2.17. The maximum Gasteiger partial charge on any atom is 0.223 e. The van der Waals surface area contributed by atoms with Gasteiger partial charge in [-0.3, -0.25) is 4.79 Å². The number of hydrogen-bond donors (Lipinski definition) is 1. The maximum absolute atomic E-state index is 11.8. The number of imidazole rings is 1. The minimum Gasteiger partial charge on any atom is -0.396 e. The Bertz CT molecular complexity index is 593. The Labute approximate surface area is 111 Å². The molecule has 1 fully saturated rings. The molecule has 0 bridgehead atoms. The van der Waals surface area contributed by atoms with Crippen molar-refractivity contribution in [2.24, 2.45) is 5.92 Å². The first-order valence-corrected chi connectivity index (χ1v) is 6.57. The highest BCUT2D eigenvalue weighted by Gasteiger charge is 2.28. The van der Waals surface area contributed by atoms with Crippen LogP contribution in [-0.4, -0.2) is 45.0 Å². The van der Waals surface area contributed by atoms with Gasteiger partial charge in [-0.15, -0.1) is 0 Å². The molecule has 5 nitrogen and oxygen atoms in total. The molecule has 1 aliphatic heterocycles. The van der Waals surface area contributed by atoms with Crippen molar-refractivity contribution < 1.29 is 9.90 Å². The van der Waals surface area contributed by atoms with Gasteiger partial charge in [-0.1, -0.05) is 6.07 Å². The molecule has 19 heavy (non-hydrogen) atoms. The number of nitrogens with zero attached hydrogens (tertiary/aromatic N) is 3.